The van der Waals surface area contributed by atoms with Gasteiger partial charge < -0.3 is 14.5 Å². The van der Waals surface area contributed by atoms with Gasteiger partial charge in [0.15, 0.2) is 11.5 Å². The molecule has 0 radical (unpaired) electrons. The summed E-state index contributed by atoms with van der Waals surface area (Å²) in [7, 11) is 0. The highest BCUT2D eigenvalue weighted by Gasteiger charge is 2.14. The number of halogens is 1. The second-order valence-electron chi connectivity index (χ2n) is 3.18. The van der Waals surface area contributed by atoms with E-state index in [4.69, 9.17) is 9.47 Å². The zero-order valence-corrected chi connectivity index (χ0v) is 8.93. The van der Waals surface area contributed by atoms with Crippen LogP contribution >= 0.6 is 15.9 Å². The molecule has 1 aliphatic heterocycles. The van der Waals surface area contributed by atoms with Crippen LogP contribution in [0.3, 0.4) is 0 Å². The van der Waals surface area contributed by atoms with Crippen molar-refractivity contribution in [1.82, 2.24) is 4.98 Å². The van der Waals surface area contributed by atoms with Gasteiger partial charge in [-0.05, 0) is 22.0 Å². The normalized spacial score (nSPS) is 14.6. The topological polar surface area (TPSA) is 34.2 Å². The number of aromatic nitrogens is 1. The predicted molar refractivity (Wildman–Crippen MR) is 57.0 cm³/mol. The molecule has 2 heterocycles. The molecule has 3 rings (SSSR count). The van der Waals surface area contributed by atoms with E-state index in [1.54, 1.807) is 0 Å². The molecule has 14 heavy (non-hydrogen) atoms. The van der Waals surface area contributed by atoms with Crippen molar-refractivity contribution in [3.8, 4) is 11.5 Å². The zero-order valence-electron chi connectivity index (χ0n) is 7.34. The summed E-state index contributed by atoms with van der Waals surface area (Å²) < 4.78 is 12.0. The Labute approximate surface area is 89.1 Å². The highest BCUT2D eigenvalue weighted by molar-refractivity contribution is 9.10. The highest BCUT2D eigenvalue weighted by atomic mass is 79.9. The van der Waals surface area contributed by atoms with Crippen LogP contribution in [-0.2, 0) is 0 Å². The Morgan fingerprint density at radius 2 is 1.86 bits per heavy atom. The number of nitrogens with one attached hydrogen (secondary N) is 1. The fraction of sp³-hybridized carbons (Fsp3) is 0.200. The first-order valence-corrected chi connectivity index (χ1v) is 5.20. The number of fused-ring (bicyclic) bond motifs is 2. The number of rotatable bonds is 0. The van der Waals surface area contributed by atoms with Gasteiger partial charge in [-0.1, -0.05) is 0 Å². The van der Waals surface area contributed by atoms with Gasteiger partial charge in [-0.15, -0.1) is 0 Å². The highest BCUT2D eigenvalue weighted by Crippen LogP contribution is 2.36. The minimum absolute atomic E-state index is 0.625. The van der Waals surface area contributed by atoms with Gasteiger partial charge >= 0.3 is 0 Å². The molecule has 0 bridgehead atoms. The van der Waals surface area contributed by atoms with Crippen LogP contribution in [0.5, 0.6) is 11.5 Å². The van der Waals surface area contributed by atoms with E-state index in [-0.39, 0.29) is 0 Å². The molecule has 0 unspecified atom stereocenters. The molecule has 0 amide bonds. The molecule has 1 aromatic heterocycles. The van der Waals surface area contributed by atoms with Gasteiger partial charge in [0.05, 0.1) is 5.52 Å². The minimum atomic E-state index is 0.625. The fourth-order valence-corrected chi connectivity index (χ4v) is 2.07. The van der Waals surface area contributed by atoms with Crippen LogP contribution in [0.1, 0.15) is 0 Å². The van der Waals surface area contributed by atoms with Gasteiger partial charge in [0.2, 0.25) is 0 Å². The average molecular weight is 254 g/mol. The van der Waals surface area contributed by atoms with E-state index in [2.05, 4.69) is 20.9 Å². The second-order valence-corrected chi connectivity index (χ2v) is 4.03. The molecule has 4 heteroatoms. The van der Waals surface area contributed by atoms with Crippen molar-refractivity contribution >= 4 is 26.8 Å². The van der Waals surface area contributed by atoms with Crippen molar-refractivity contribution in [2.45, 2.75) is 0 Å². The largest absolute Gasteiger partial charge is 0.486 e. The second kappa shape index (κ2) is 2.92. The first-order chi connectivity index (χ1) is 6.84. The van der Waals surface area contributed by atoms with Crippen molar-refractivity contribution in [3.63, 3.8) is 0 Å². The van der Waals surface area contributed by atoms with Crippen molar-refractivity contribution in [3.05, 3.63) is 22.8 Å². The van der Waals surface area contributed by atoms with Crippen LogP contribution in [0.4, 0.5) is 0 Å². The van der Waals surface area contributed by atoms with Crippen molar-refractivity contribution in [1.29, 1.82) is 0 Å². The van der Waals surface area contributed by atoms with Crippen LogP contribution in [-0.4, -0.2) is 18.2 Å². The molecule has 0 fully saturated rings. The Morgan fingerprint density at radius 3 is 2.64 bits per heavy atom. The first-order valence-electron chi connectivity index (χ1n) is 4.41. The van der Waals surface area contributed by atoms with Crippen LogP contribution in [0.25, 0.3) is 10.9 Å². The SMILES string of the molecule is Brc1c[nH]c2cc3c(cc12)OCCO3. The molecular formula is C10H8BrNO2. The smallest absolute Gasteiger partial charge is 0.163 e. The summed E-state index contributed by atoms with van der Waals surface area (Å²) in [4.78, 5) is 3.16. The number of aromatic amines is 1. The number of hydrogen-bond acceptors (Lipinski definition) is 2. The molecule has 3 nitrogen and oxygen atoms in total. The van der Waals surface area contributed by atoms with E-state index in [0.717, 1.165) is 26.9 Å². The summed E-state index contributed by atoms with van der Waals surface area (Å²) >= 11 is 3.47. The third kappa shape index (κ3) is 1.10. The summed E-state index contributed by atoms with van der Waals surface area (Å²) in [6, 6.07) is 3.96. The molecule has 1 aromatic carbocycles. The Bertz CT molecular complexity index is 492. The van der Waals surface area contributed by atoms with Crippen LogP contribution < -0.4 is 9.47 Å². The molecule has 0 saturated heterocycles. The van der Waals surface area contributed by atoms with Crippen LogP contribution in [0, 0.1) is 0 Å². The molecule has 0 atom stereocenters. The van der Waals surface area contributed by atoms with Gasteiger partial charge in [-0.2, -0.15) is 0 Å². The standard InChI is InChI=1S/C10H8BrNO2/c11-7-5-12-8-4-10-9(3-6(7)8)13-1-2-14-10/h3-5,12H,1-2H2. The van der Waals surface area contributed by atoms with Gasteiger partial charge in [-0.25, -0.2) is 0 Å². The predicted octanol–water partition coefficient (Wildman–Crippen LogP) is 2.70. The molecule has 72 valence electrons. The first kappa shape index (κ1) is 8.17. The van der Waals surface area contributed by atoms with E-state index in [0.29, 0.717) is 13.2 Å². The summed E-state index contributed by atoms with van der Waals surface area (Å²) in [6.07, 6.45) is 1.91. The van der Waals surface area contributed by atoms with Gasteiger partial charge in [0.25, 0.3) is 0 Å². The Morgan fingerprint density at radius 1 is 1.14 bits per heavy atom. The molecule has 0 aliphatic carbocycles. The van der Waals surface area contributed by atoms with Gasteiger partial charge in [0.1, 0.15) is 13.2 Å². The molecule has 0 saturated carbocycles. The van der Waals surface area contributed by atoms with Crippen LogP contribution in [0.15, 0.2) is 22.8 Å². The van der Waals surface area contributed by atoms with Gasteiger partial charge in [-0.3, -0.25) is 0 Å². The van der Waals surface area contributed by atoms with E-state index < -0.39 is 0 Å². The lowest BCUT2D eigenvalue weighted by Crippen LogP contribution is -2.15. The van der Waals surface area contributed by atoms with Crippen molar-refractivity contribution in [2.75, 3.05) is 13.2 Å². The Kier molecular flexibility index (Phi) is 1.70. The van der Waals surface area contributed by atoms with E-state index in [9.17, 15) is 0 Å². The lowest BCUT2D eigenvalue weighted by molar-refractivity contribution is 0.172. The summed E-state index contributed by atoms with van der Waals surface area (Å²) in [5, 5.41) is 1.12. The maximum atomic E-state index is 5.50. The third-order valence-electron chi connectivity index (χ3n) is 2.29. The quantitative estimate of drug-likeness (QED) is 0.784. The number of ether oxygens (including phenoxy) is 2. The van der Waals surface area contributed by atoms with Crippen molar-refractivity contribution < 1.29 is 9.47 Å². The lowest BCUT2D eigenvalue weighted by Gasteiger charge is -2.18. The molecule has 1 N–H and O–H groups in total. The Hall–Kier alpha value is -1.16. The zero-order chi connectivity index (χ0) is 9.54. The van der Waals surface area contributed by atoms with Crippen LogP contribution in [0.2, 0.25) is 0 Å². The van der Waals surface area contributed by atoms with E-state index in [1.807, 2.05) is 18.3 Å². The molecule has 2 aromatic rings. The number of hydrogen-bond donors (Lipinski definition) is 1. The molecule has 1 aliphatic rings. The summed E-state index contributed by atoms with van der Waals surface area (Å²) in [5.74, 6) is 1.64. The average Bonchev–Trinajstić information content (AvgIpc) is 2.57. The number of H-pyrrole nitrogens is 1. The molecular weight excluding hydrogens is 246 g/mol. The Balaban J connectivity index is 2.29. The summed E-state index contributed by atoms with van der Waals surface area (Å²) in [6.45, 7) is 1.25. The molecule has 0 spiro atoms. The lowest BCUT2D eigenvalue weighted by atomic mass is 10.2. The fourth-order valence-electron chi connectivity index (χ4n) is 1.62. The number of benzene rings is 1. The van der Waals surface area contributed by atoms with Crippen molar-refractivity contribution in [2.24, 2.45) is 0 Å². The third-order valence-corrected chi connectivity index (χ3v) is 2.95. The van der Waals surface area contributed by atoms with Gasteiger partial charge in [0, 0.05) is 22.1 Å². The maximum Gasteiger partial charge on any atom is 0.163 e. The van der Waals surface area contributed by atoms with E-state index >= 15 is 0 Å². The monoisotopic (exact) mass is 253 g/mol. The van der Waals surface area contributed by atoms with E-state index in [1.165, 1.54) is 0 Å². The summed E-state index contributed by atoms with van der Waals surface area (Å²) in [5.41, 5.74) is 1.06. The minimum Gasteiger partial charge on any atom is -0.486 e. The maximum absolute atomic E-state index is 5.50.